The molecule has 1 aromatic heterocycles. The average Bonchev–Trinajstić information content (AvgIpc) is 2.57. The molecule has 1 saturated heterocycles. The van der Waals surface area contributed by atoms with Gasteiger partial charge in [0, 0.05) is 26.2 Å². The van der Waals surface area contributed by atoms with Crippen molar-refractivity contribution < 1.29 is 4.79 Å². The number of rotatable bonds is 3. The molecule has 0 radical (unpaired) electrons. The molecular formula is C18H21ClN4O. The van der Waals surface area contributed by atoms with Gasteiger partial charge in [-0.25, -0.2) is 4.98 Å². The number of benzene rings is 1. The minimum absolute atomic E-state index is 0. The second kappa shape index (κ2) is 7.20. The van der Waals surface area contributed by atoms with E-state index in [-0.39, 0.29) is 24.2 Å². The monoisotopic (exact) mass is 344 g/mol. The Hall–Kier alpha value is -2.11. The highest BCUT2D eigenvalue weighted by Gasteiger charge is 2.31. The van der Waals surface area contributed by atoms with Crippen molar-refractivity contribution in [2.75, 3.05) is 36.4 Å². The Labute approximate surface area is 147 Å². The Kier molecular flexibility index (Phi) is 5.02. The first kappa shape index (κ1) is 16.7. The van der Waals surface area contributed by atoms with Gasteiger partial charge >= 0.3 is 0 Å². The van der Waals surface area contributed by atoms with Gasteiger partial charge in [-0.1, -0.05) is 24.3 Å². The summed E-state index contributed by atoms with van der Waals surface area (Å²) >= 11 is 0. The maximum absolute atomic E-state index is 12.4. The Morgan fingerprint density at radius 1 is 1.17 bits per heavy atom. The molecule has 1 aliphatic carbocycles. The van der Waals surface area contributed by atoms with Crippen LogP contribution in [0.15, 0.2) is 42.6 Å². The van der Waals surface area contributed by atoms with Crippen LogP contribution in [0.4, 0.5) is 11.5 Å². The molecule has 1 fully saturated rings. The Morgan fingerprint density at radius 2 is 1.96 bits per heavy atom. The van der Waals surface area contributed by atoms with Crippen LogP contribution < -0.4 is 15.5 Å². The van der Waals surface area contributed by atoms with Gasteiger partial charge in [-0.05, 0) is 29.7 Å². The fourth-order valence-electron chi connectivity index (χ4n) is 3.28. The third-order valence-electron chi connectivity index (χ3n) is 4.65. The number of amides is 1. The summed E-state index contributed by atoms with van der Waals surface area (Å²) in [6.07, 6.45) is 2.66. The Balaban J connectivity index is 0.00000169. The molecule has 1 aromatic carbocycles. The lowest BCUT2D eigenvalue weighted by molar-refractivity contribution is -0.118. The minimum atomic E-state index is -0.0409. The van der Waals surface area contributed by atoms with Crippen molar-refractivity contribution in [2.24, 2.45) is 0 Å². The van der Waals surface area contributed by atoms with Crippen LogP contribution in [0.5, 0.6) is 0 Å². The second-order valence-corrected chi connectivity index (χ2v) is 6.08. The first-order valence-electron chi connectivity index (χ1n) is 8.11. The average molecular weight is 345 g/mol. The van der Waals surface area contributed by atoms with Crippen molar-refractivity contribution in [2.45, 2.75) is 12.3 Å². The molecule has 1 amide bonds. The number of piperazine rings is 1. The highest BCUT2D eigenvalue weighted by atomic mass is 35.5. The number of aromatic nitrogens is 1. The van der Waals surface area contributed by atoms with Crippen molar-refractivity contribution in [3.05, 3.63) is 53.7 Å². The maximum atomic E-state index is 12.4. The summed E-state index contributed by atoms with van der Waals surface area (Å²) in [6, 6.07) is 12.0. The van der Waals surface area contributed by atoms with Gasteiger partial charge in [0.2, 0.25) is 5.91 Å². The van der Waals surface area contributed by atoms with E-state index in [0.717, 1.165) is 43.9 Å². The number of fused-ring (bicyclic) bond motifs is 1. The molecule has 2 heterocycles. The van der Waals surface area contributed by atoms with E-state index in [0.29, 0.717) is 5.82 Å². The molecule has 2 aromatic rings. The molecule has 126 valence electrons. The molecule has 0 bridgehead atoms. The molecule has 4 rings (SSSR count). The molecule has 0 saturated carbocycles. The van der Waals surface area contributed by atoms with E-state index < -0.39 is 0 Å². The van der Waals surface area contributed by atoms with Gasteiger partial charge in [-0.2, -0.15) is 0 Å². The molecule has 1 aliphatic heterocycles. The molecule has 0 spiro atoms. The normalized spacial score (nSPS) is 18.8. The molecule has 1 atom stereocenters. The van der Waals surface area contributed by atoms with Crippen LogP contribution in [0.25, 0.3) is 0 Å². The zero-order valence-corrected chi connectivity index (χ0v) is 14.2. The van der Waals surface area contributed by atoms with Gasteiger partial charge in [-0.3, -0.25) is 4.79 Å². The predicted molar refractivity (Wildman–Crippen MR) is 98.1 cm³/mol. The Bertz CT molecular complexity index is 713. The number of pyridine rings is 1. The van der Waals surface area contributed by atoms with E-state index in [4.69, 9.17) is 0 Å². The third kappa shape index (κ3) is 3.23. The molecule has 2 N–H and O–H groups in total. The van der Waals surface area contributed by atoms with Gasteiger partial charge in [0.1, 0.15) is 5.82 Å². The number of halogens is 1. The van der Waals surface area contributed by atoms with Crippen LogP contribution in [-0.4, -0.2) is 37.1 Å². The van der Waals surface area contributed by atoms with Crippen molar-refractivity contribution >= 4 is 29.8 Å². The van der Waals surface area contributed by atoms with Crippen LogP contribution in [-0.2, 0) is 11.2 Å². The summed E-state index contributed by atoms with van der Waals surface area (Å²) in [5.41, 5.74) is 3.52. The predicted octanol–water partition coefficient (Wildman–Crippen LogP) is 2.19. The topological polar surface area (TPSA) is 57.3 Å². The molecule has 24 heavy (non-hydrogen) atoms. The highest BCUT2D eigenvalue weighted by molar-refractivity contribution is 5.97. The number of nitrogens with zero attached hydrogens (tertiary/aromatic N) is 2. The molecule has 2 aliphatic rings. The van der Waals surface area contributed by atoms with Crippen LogP contribution in [0.2, 0.25) is 0 Å². The quantitative estimate of drug-likeness (QED) is 0.896. The van der Waals surface area contributed by atoms with Crippen LogP contribution in [0, 0.1) is 0 Å². The SMILES string of the molecule is Cl.O=C(Nc1ccc(N2CCNCC2)cn1)C1Cc2ccccc21. The lowest BCUT2D eigenvalue weighted by Crippen LogP contribution is -2.43. The summed E-state index contributed by atoms with van der Waals surface area (Å²) in [5.74, 6) is 0.616. The Morgan fingerprint density at radius 3 is 2.67 bits per heavy atom. The van der Waals surface area contributed by atoms with Gasteiger partial charge in [0.25, 0.3) is 0 Å². The summed E-state index contributed by atoms with van der Waals surface area (Å²) in [5, 5.41) is 6.27. The second-order valence-electron chi connectivity index (χ2n) is 6.08. The van der Waals surface area contributed by atoms with Crippen LogP contribution in [0.3, 0.4) is 0 Å². The third-order valence-corrected chi connectivity index (χ3v) is 4.65. The lowest BCUT2D eigenvalue weighted by Gasteiger charge is -2.29. The van der Waals surface area contributed by atoms with Gasteiger partial charge in [0.05, 0.1) is 17.8 Å². The number of carbonyl (C=O) groups excluding carboxylic acids is 1. The van der Waals surface area contributed by atoms with Crippen molar-refractivity contribution in [3.63, 3.8) is 0 Å². The number of hydrogen-bond donors (Lipinski definition) is 2. The first-order chi connectivity index (χ1) is 11.3. The van der Waals surface area contributed by atoms with E-state index in [1.807, 2.05) is 36.5 Å². The number of hydrogen-bond acceptors (Lipinski definition) is 4. The zero-order chi connectivity index (χ0) is 15.6. The van der Waals surface area contributed by atoms with Crippen molar-refractivity contribution in [3.8, 4) is 0 Å². The van der Waals surface area contributed by atoms with Crippen molar-refractivity contribution in [1.82, 2.24) is 10.3 Å². The van der Waals surface area contributed by atoms with Gasteiger partial charge in [0.15, 0.2) is 0 Å². The van der Waals surface area contributed by atoms with E-state index >= 15 is 0 Å². The maximum Gasteiger partial charge on any atom is 0.233 e. The number of anilines is 2. The van der Waals surface area contributed by atoms with E-state index in [1.165, 1.54) is 5.56 Å². The van der Waals surface area contributed by atoms with E-state index in [2.05, 4.69) is 26.6 Å². The lowest BCUT2D eigenvalue weighted by atomic mass is 9.77. The highest BCUT2D eigenvalue weighted by Crippen LogP contribution is 2.35. The van der Waals surface area contributed by atoms with Crippen LogP contribution >= 0.6 is 12.4 Å². The van der Waals surface area contributed by atoms with Crippen molar-refractivity contribution in [1.29, 1.82) is 0 Å². The summed E-state index contributed by atoms with van der Waals surface area (Å²) in [6.45, 7) is 3.98. The van der Waals surface area contributed by atoms with Crippen LogP contribution in [0.1, 0.15) is 17.0 Å². The first-order valence-corrected chi connectivity index (χ1v) is 8.11. The smallest absolute Gasteiger partial charge is 0.233 e. The van der Waals surface area contributed by atoms with Gasteiger partial charge < -0.3 is 15.5 Å². The summed E-state index contributed by atoms with van der Waals surface area (Å²) in [4.78, 5) is 19.1. The molecule has 1 unspecified atom stereocenters. The zero-order valence-electron chi connectivity index (χ0n) is 13.4. The van der Waals surface area contributed by atoms with E-state index in [1.54, 1.807) is 0 Å². The standard InChI is InChI=1S/C18H20N4O.ClH/c23-18(16-11-13-3-1-2-4-15(13)16)21-17-6-5-14(12-20-17)22-9-7-19-8-10-22;/h1-6,12,16,19H,7-11H2,(H,20,21,23);1H. The molecule has 6 heteroatoms. The minimum Gasteiger partial charge on any atom is -0.368 e. The fourth-order valence-corrected chi connectivity index (χ4v) is 3.28. The summed E-state index contributed by atoms with van der Waals surface area (Å²) < 4.78 is 0. The largest absolute Gasteiger partial charge is 0.368 e. The van der Waals surface area contributed by atoms with E-state index in [9.17, 15) is 4.79 Å². The number of carbonyl (C=O) groups is 1. The molecular weight excluding hydrogens is 324 g/mol. The molecule has 5 nitrogen and oxygen atoms in total. The number of nitrogens with one attached hydrogen (secondary N) is 2. The summed E-state index contributed by atoms with van der Waals surface area (Å²) in [7, 11) is 0. The fraction of sp³-hybridized carbons (Fsp3) is 0.333. The van der Waals surface area contributed by atoms with Gasteiger partial charge in [-0.15, -0.1) is 12.4 Å².